The molecule has 0 aromatic carbocycles. The van der Waals surface area contributed by atoms with Crippen molar-refractivity contribution in [1.82, 2.24) is 0 Å². The Morgan fingerprint density at radius 1 is 1.78 bits per heavy atom. The lowest BCUT2D eigenvalue weighted by atomic mass is 10.2. The van der Waals surface area contributed by atoms with E-state index in [4.69, 9.17) is 15.6 Å². The molecule has 0 amide bonds. The zero-order valence-electron chi connectivity index (χ0n) is 5.09. The maximum absolute atomic E-state index is 9.86. The summed E-state index contributed by atoms with van der Waals surface area (Å²) in [6.07, 6.45) is -1.32. The van der Waals surface area contributed by atoms with Crippen molar-refractivity contribution < 1.29 is 15.0 Å². The summed E-state index contributed by atoms with van der Waals surface area (Å²) in [5.41, 5.74) is -0.164. The minimum atomic E-state index is -1.08. The number of nitrogens with one attached hydrogen (secondary N) is 1. The predicted octanol–water partition coefficient (Wildman–Crippen LogP) is -0.138. The Hall–Kier alpha value is -0.900. The molecule has 0 aromatic heterocycles. The first-order chi connectivity index (χ1) is 4.04. The highest BCUT2D eigenvalue weighted by Crippen LogP contribution is 1.89. The number of carboxylic acid groups (broad SMARTS) is 1. The number of hydrogen-bond donors (Lipinski definition) is 3. The number of aliphatic carboxylic acids is 1. The van der Waals surface area contributed by atoms with Crippen molar-refractivity contribution in [2.45, 2.75) is 19.4 Å². The second kappa shape index (κ2) is 3.19. The van der Waals surface area contributed by atoms with Crippen LogP contribution in [0.4, 0.5) is 0 Å². The van der Waals surface area contributed by atoms with Crippen LogP contribution in [0.3, 0.4) is 0 Å². The highest BCUT2D eigenvalue weighted by molar-refractivity contribution is 5.98. The Morgan fingerprint density at radius 2 is 2.22 bits per heavy atom. The SMILES string of the molecule is CC(O)C(=N)CC(=O)O. The molecule has 0 aliphatic heterocycles. The quantitative estimate of drug-likeness (QED) is 0.466. The van der Waals surface area contributed by atoms with Gasteiger partial charge in [0, 0.05) is 5.71 Å². The second-order valence-electron chi connectivity index (χ2n) is 1.77. The fourth-order valence-electron chi connectivity index (χ4n) is 0.311. The third-order valence-corrected chi connectivity index (χ3v) is 0.846. The van der Waals surface area contributed by atoms with Gasteiger partial charge in [-0.15, -0.1) is 0 Å². The predicted molar refractivity (Wildman–Crippen MR) is 31.7 cm³/mol. The number of hydrogen-bond acceptors (Lipinski definition) is 3. The lowest BCUT2D eigenvalue weighted by molar-refractivity contribution is -0.135. The van der Waals surface area contributed by atoms with E-state index in [0.717, 1.165) is 0 Å². The Labute approximate surface area is 52.6 Å². The molecule has 52 valence electrons. The normalized spacial score (nSPS) is 12.7. The van der Waals surface area contributed by atoms with Crippen LogP contribution in [0.25, 0.3) is 0 Å². The summed E-state index contributed by atoms with van der Waals surface area (Å²) in [4.78, 5) is 9.86. The van der Waals surface area contributed by atoms with E-state index < -0.39 is 12.1 Å². The van der Waals surface area contributed by atoms with Crippen molar-refractivity contribution in [2.24, 2.45) is 0 Å². The van der Waals surface area contributed by atoms with Crippen LogP contribution in [0.15, 0.2) is 0 Å². The molecule has 4 heteroatoms. The fraction of sp³-hybridized carbons (Fsp3) is 0.600. The molecule has 0 spiro atoms. The van der Waals surface area contributed by atoms with Gasteiger partial charge < -0.3 is 15.6 Å². The molecule has 0 heterocycles. The van der Waals surface area contributed by atoms with Gasteiger partial charge in [-0.05, 0) is 6.92 Å². The molecule has 3 N–H and O–H groups in total. The first-order valence-corrected chi connectivity index (χ1v) is 2.51. The average molecular weight is 131 g/mol. The molecule has 0 radical (unpaired) electrons. The van der Waals surface area contributed by atoms with Gasteiger partial charge in [0.25, 0.3) is 0 Å². The van der Waals surface area contributed by atoms with Crippen molar-refractivity contribution >= 4 is 11.7 Å². The Kier molecular flexibility index (Phi) is 2.87. The Bertz CT molecular complexity index is 130. The summed E-state index contributed by atoms with van der Waals surface area (Å²) in [6.45, 7) is 1.37. The van der Waals surface area contributed by atoms with Gasteiger partial charge in [0.2, 0.25) is 0 Å². The van der Waals surface area contributed by atoms with Crippen molar-refractivity contribution in [3.63, 3.8) is 0 Å². The molecule has 4 nitrogen and oxygen atoms in total. The van der Waals surface area contributed by atoms with Gasteiger partial charge in [-0.3, -0.25) is 4.79 Å². The van der Waals surface area contributed by atoms with E-state index in [1.54, 1.807) is 0 Å². The van der Waals surface area contributed by atoms with Gasteiger partial charge in [0.05, 0.1) is 12.5 Å². The summed E-state index contributed by atoms with van der Waals surface area (Å²) >= 11 is 0. The van der Waals surface area contributed by atoms with E-state index in [1.165, 1.54) is 6.92 Å². The zero-order valence-corrected chi connectivity index (χ0v) is 5.09. The number of rotatable bonds is 3. The molecule has 0 aliphatic rings. The molecule has 0 fully saturated rings. The molecule has 0 saturated carbocycles. The Morgan fingerprint density at radius 3 is 2.33 bits per heavy atom. The van der Waals surface area contributed by atoms with Crippen LogP contribution in [-0.4, -0.2) is 28.0 Å². The number of carbonyl (C=O) groups is 1. The van der Waals surface area contributed by atoms with Gasteiger partial charge in [0.1, 0.15) is 0 Å². The first kappa shape index (κ1) is 8.10. The minimum absolute atomic E-state index is 0.164. The maximum atomic E-state index is 9.86. The standard InChI is InChI=1S/C5H9NO3/c1-3(7)4(6)2-5(8)9/h3,6-7H,2H2,1H3,(H,8,9). The highest BCUT2D eigenvalue weighted by atomic mass is 16.4. The molecule has 9 heavy (non-hydrogen) atoms. The lowest BCUT2D eigenvalue weighted by Crippen LogP contribution is -2.18. The van der Waals surface area contributed by atoms with Crippen LogP contribution < -0.4 is 0 Å². The van der Waals surface area contributed by atoms with Gasteiger partial charge in [-0.25, -0.2) is 0 Å². The average Bonchev–Trinajstić information content (AvgIpc) is 1.63. The lowest BCUT2D eigenvalue weighted by Gasteiger charge is -2.01. The molecule has 1 unspecified atom stereocenters. The number of aliphatic hydroxyl groups excluding tert-OH is 1. The summed E-state index contributed by atoms with van der Waals surface area (Å²) in [7, 11) is 0. The summed E-state index contributed by atoms with van der Waals surface area (Å²) in [5.74, 6) is -1.08. The van der Waals surface area contributed by atoms with Crippen molar-refractivity contribution in [3.05, 3.63) is 0 Å². The Balaban J connectivity index is 3.64. The van der Waals surface area contributed by atoms with Crippen molar-refractivity contribution in [3.8, 4) is 0 Å². The van der Waals surface area contributed by atoms with E-state index in [0.29, 0.717) is 0 Å². The van der Waals surface area contributed by atoms with Crippen LogP contribution in [0.5, 0.6) is 0 Å². The van der Waals surface area contributed by atoms with E-state index >= 15 is 0 Å². The third-order valence-electron chi connectivity index (χ3n) is 0.846. The molecule has 0 rings (SSSR count). The molecular formula is C5H9NO3. The molecule has 0 aromatic rings. The van der Waals surface area contributed by atoms with E-state index in [-0.39, 0.29) is 12.1 Å². The molecule has 1 atom stereocenters. The van der Waals surface area contributed by atoms with Gasteiger partial charge in [-0.2, -0.15) is 0 Å². The van der Waals surface area contributed by atoms with Crippen LogP contribution >= 0.6 is 0 Å². The third kappa shape index (κ3) is 3.66. The largest absolute Gasteiger partial charge is 0.481 e. The van der Waals surface area contributed by atoms with E-state index in [2.05, 4.69) is 0 Å². The maximum Gasteiger partial charge on any atom is 0.309 e. The van der Waals surface area contributed by atoms with Gasteiger partial charge >= 0.3 is 5.97 Å². The second-order valence-corrected chi connectivity index (χ2v) is 1.77. The molecule has 0 aliphatic carbocycles. The monoisotopic (exact) mass is 131 g/mol. The zero-order chi connectivity index (χ0) is 7.44. The molecule has 0 saturated heterocycles. The van der Waals surface area contributed by atoms with Crippen molar-refractivity contribution in [2.75, 3.05) is 0 Å². The smallest absolute Gasteiger partial charge is 0.309 e. The van der Waals surface area contributed by atoms with Crippen molar-refractivity contribution in [1.29, 1.82) is 5.41 Å². The highest BCUT2D eigenvalue weighted by Gasteiger charge is 2.07. The molecule has 0 bridgehead atoms. The number of carboxylic acids is 1. The fourth-order valence-corrected chi connectivity index (χ4v) is 0.311. The summed E-state index contributed by atoms with van der Waals surface area (Å²) in [6, 6.07) is 0. The first-order valence-electron chi connectivity index (χ1n) is 2.51. The number of aliphatic hydroxyl groups is 1. The van der Waals surface area contributed by atoms with Crippen LogP contribution in [-0.2, 0) is 4.79 Å². The van der Waals surface area contributed by atoms with Crippen LogP contribution in [0.1, 0.15) is 13.3 Å². The van der Waals surface area contributed by atoms with Crippen LogP contribution in [0, 0.1) is 5.41 Å². The topological polar surface area (TPSA) is 81.4 Å². The van der Waals surface area contributed by atoms with Crippen LogP contribution in [0.2, 0.25) is 0 Å². The summed E-state index contributed by atoms with van der Waals surface area (Å²) in [5, 5.41) is 23.5. The minimum Gasteiger partial charge on any atom is -0.481 e. The van der Waals surface area contributed by atoms with Gasteiger partial charge in [-0.1, -0.05) is 0 Å². The van der Waals surface area contributed by atoms with E-state index in [9.17, 15) is 4.79 Å². The van der Waals surface area contributed by atoms with E-state index in [1.807, 2.05) is 0 Å². The summed E-state index contributed by atoms with van der Waals surface area (Å²) < 4.78 is 0. The van der Waals surface area contributed by atoms with Gasteiger partial charge in [0.15, 0.2) is 0 Å². The molecular weight excluding hydrogens is 122 g/mol.